The summed E-state index contributed by atoms with van der Waals surface area (Å²) in [7, 11) is 0. The molecule has 8 nitrogen and oxygen atoms in total. The topological polar surface area (TPSA) is 114 Å². The number of anilines is 1. The summed E-state index contributed by atoms with van der Waals surface area (Å²) in [5.41, 5.74) is 5.01. The second kappa shape index (κ2) is 12.2. The average molecular weight is 605 g/mol. The first-order valence-corrected chi connectivity index (χ1v) is 14.5. The predicted molar refractivity (Wildman–Crippen MR) is 166 cm³/mol. The van der Waals surface area contributed by atoms with Crippen LogP contribution in [0.3, 0.4) is 0 Å². The molecule has 0 saturated carbocycles. The molecule has 2 aromatic carbocycles. The molecule has 0 aliphatic carbocycles. The van der Waals surface area contributed by atoms with Gasteiger partial charge in [0.1, 0.15) is 5.82 Å². The fourth-order valence-electron chi connectivity index (χ4n) is 5.53. The van der Waals surface area contributed by atoms with Gasteiger partial charge >= 0.3 is 0 Å². The van der Waals surface area contributed by atoms with E-state index in [0.717, 1.165) is 17.3 Å². The van der Waals surface area contributed by atoms with Crippen LogP contribution in [0.5, 0.6) is 0 Å². The molecule has 0 spiro atoms. The molecule has 44 heavy (non-hydrogen) atoms. The fraction of sp³-hybridized carbons (Fsp3) is 0.176. The number of pyridine rings is 2. The molecular weight excluding hydrogens is 579 g/mol. The van der Waals surface area contributed by atoms with Gasteiger partial charge in [0.05, 0.1) is 41.6 Å². The molecule has 2 bridgehead atoms. The van der Waals surface area contributed by atoms with Crippen molar-refractivity contribution in [2.75, 3.05) is 5.32 Å². The number of nitriles is 1. The van der Waals surface area contributed by atoms with E-state index in [1.54, 1.807) is 53.4 Å². The number of carbonyl (C=O) groups excluding carboxylic acids is 1. The van der Waals surface area contributed by atoms with Crippen molar-refractivity contribution in [3.63, 3.8) is 0 Å². The van der Waals surface area contributed by atoms with Gasteiger partial charge in [0.25, 0.3) is 5.56 Å². The number of rotatable bonds is 3. The van der Waals surface area contributed by atoms with Crippen LogP contribution in [0.4, 0.5) is 10.1 Å². The number of fused-ring (bicyclic) bond motifs is 4. The number of benzene rings is 2. The highest BCUT2D eigenvalue weighted by Crippen LogP contribution is 2.35. The molecule has 1 N–H and O–H groups in total. The first-order chi connectivity index (χ1) is 21.3. The summed E-state index contributed by atoms with van der Waals surface area (Å²) in [4.78, 5) is 40.1. The van der Waals surface area contributed by atoms with E-state index in [1.807, 2.05) is 19.1 Å². The Labute approximate surface area is 257 Å². The Hall–Kier alpha value is -5.20. The molecule has 1 aliphatic rings. The Bertz CT molecular complexity index is 2000. The van der Waals surface area contributed by atoms with E-state index < -0.39 is 11.9 Å². The van der Waals surface area contributed by atoms with Gasteiger partial charge in [0.2, 0.25) is 5.91 Å². The molecule has 5 aromatic rings. The molecule has 6 rings (SSSR count). The summed E-state index contributed by atoms with van der Waals surface area (Å²) in [6.45, 7) is 1.86. The molecular formula is C34H26ClFN6O2. The number of aromatic nitrogens is 4. The quantitative estimate of drug-likeness (QED) is 0.236. The van der Waals surface area contributed by atoms with Crippen molar-refractivity contribution in [2.45, 2.75) is 32.2 Å². The number of nitrogens with one attached hydrogen (secondary N) is 1. The summed E-state index contributed by atoms with van der Waals surface area (Å²) >= 11 is 6.32. The van der Waals surface area contributed by atoms with Crippen LogP contribution in [-0.2, 0) is 4.79 Å². The Morgan fingerprint density at radius 1 is 0.955 bits per heavy atom. The molecule has 10 heteroatoms. The highest BCUT2D eigenvalue weighted by molar-refractivity contribution is 6.31. The van der Waals surface area contributed by atoms with Crippen molar-refractivity contribution in [1.82, 2.24) is 19.5 Å². The Morgan fingerprint density at radius 2 is 1.80 bits per heavy atom. The minimum Gasteiger partial charge on any atom is -0.325 e. The second-order valence-corrected chi connectivity index (χ2v) is 11.2. The normalized spacial score (nSPS) is 16.5. The van der Waals surface area contributed by atoms with E-state index in [9.17, 15) is 19.2 Å². The van der Waals surface area contributed by atoms with E-state index >= 15 is 0 Å². The summed E-state index contributed by atoms with van der Waals surface area (Å²) in [5, 5.41) is 12.9. The zero-order valence-corrected chi connectivity index (χ0v) is 24.4. The molecule has 1 amide bonds. The molecule has 3 aromatic heterocycles. The first-order valence-electron chi connectivity index (χ1n) is 14.1. The average Bonchev–Trinajstić information content (AvgIpc) is 3.03. The number of nitrogens with zero attached hydrogens (tertiary/aromatic N) is 5. The number of carbonyl (C=O) groups is 1. The molecule has 0 radical (unpaired) electrons. The maximum Gasteiger partial charge on any atom is 0.254 e. The highest BCUT2D eigenvalue weighted by Gasteiger charge is 2.23. The van der Waals surface area contributed by atoms with Crippen molar-refractivity contribution in [2.24, 2.45) is 5.92 Å². The highest BCUT2D eigenvalue weighted by atomic mass is 35.5. The predicted octanol–water partition coefficient (Wildman–Crippen LogP) is 7.05. The van der Waals surface area contributed by atoms with E-state index in [-0.39, 0.29) is 17.4 Å². The largest absolute Gasteiger partial charge is 0.325 e. The molecule has 4 heterocycles. The van der Waals surface area contributed by atoms with Crippen LogP contribution in [0.25, 0.3) is 33.5 Å². The number of hydrogen-bond donors (Lipinski definition) is 1. The van der Waals surface area contributed by atoms with E-state index in [4.69, 9.17) is 11.6 Å². The SMILES string of the molecule is C[C@@H]1CCC[C@H](n2cnc(-c3cc(Cl)ccc3-c3cncc(F)c3)cc2=O)c2cc(ccn2)-c2ccc(C#N)cc2NC1=O. The zero-order chi connectivity index (χ0) is 30.8. The standard InChI is InChI=1S/C34H26ClFN6O2/c1-20-3-2-4-32(31-13-22(9-10-39-31)27-7-5-21(16-37)11-30(27)41-34(20)44)42-19-40-29(15-33(42)43)28-14-24(35)6-8-26(28)23-12-25(36)18-38-17-23/h5-15,17-20,32H,2-4H2,1H3,(H,41,44)/t20-,32+/m1/s1. The van der Waals surface area contributed by atoms with Gasteiger partial charge in [-0.3, -0.25) is 24.1 Å². The summed E-state index contributed by atoms with van der Waals surface area (Å²) in [5.74, 6) is -0.915. The van der Waals surface area contributed by atoms with Crippen LogP contribution in [-0.4, -0.2) is 25.4 Å². The minimum absolute atomic E-state index is 0.137. The summed E-state index contributed by atoms with van der Waals surface area (Å²) in [6, 6.07) is 18.5. The van der Waals surface area contributed by atoms with Crippen molar-refractivity contribution < 1.29 is 9.18 Å². The van der Waals surface area contributed by atoms with Crippen molar-refractivity contribution in [3.8, 4) is 39.6 Å². The molecule has 0 saturated heterocycles. The lowest BCUT2D eigenvalue weighted by atomic mass is 9.95. The monoisotopic (exact) mass is 604 g/mol. The lowest BCUT2D eigenvalue weighted by Gasteiger charge is -2.23. The van der Waals surface area contributed by atoms with Gasteiger partial charge in [-0.15, -0.1) is 0 Å². The van der Waals surface area contributed by atoms with Crippen molar-refractivity contribution in [3.05, 3.63) is 118 Å². The van der Waals surface area contributed by atoms with Crippen LogP contribution in [0.15, 0.2) is 90.4 Å². The van der Waals surface area contributed by atoms with Gasteiger partial charge < -0.3 is 5.32 Å². The van der Waals surface area contributed by atoms with E-state index in [1.165, 1.54) is 18.5 Å². The lowest BCUT2D eigenvalue weighted by molar-refractivity contribution is -0.119. The first kappa shape index (κ1) is 28.9. The van der Waals surface area contributed by atoms with Crippen LogP contribution in [0, 0.1) is 23.1 Å². The van der Waals surface area contributed by atoms with Crippen LogP contribution < -0.4 is 10.9 Å². The lowest BCUT2D eigenvalue weighted by Crippen LogP contribution is -2.27. The molecule has 2 atom stereocenters. The van der Waals surface area contributed by atoms with E-state index in [0.29, 0.717) is 63.6 Å². The minimum atomic E-state index is -0.482. The molecule has 0 unspecified atom stereocenters. The van der Waals surface area contributed by atoms with Gasteiger partial charge in [0, 0.05) is 51.8 Å². The fourth-order valence-corrected chi connectivity index (χ4v) is 5.70. The number of halogens is 2. The van der Waals surface area contributed by atoms with Gasteiger partial charge in [-0.1, -0.05) is 37.1 Å². The maximum atomic E-state index is 14.0. The molecule has 218 valence electrons. The summed E-state index contributed by atoms with van der Waals surface area (Å²) < 4.78 is 15.6. The van der Waals surface area contributed by atoms with Crippen LogP contribution in [0.2, 0.25) is 5.02 Å². The van der Waals surface area contributed by atoms with Crippen molar-refractivity contribution >= 4 is 23.2 Å². The van der Waals surface area contributed by atoms with E-state index in [2.05, 4.69) is 26.3 Å². The van der Waals surface area contributed by atoms with Gasteiger partial charge in [-0.2, -0.15) is 5.26 Å². The van der Waals surface area contributed by atoms with Gasteiger partial charge in [-0.25, -0.2) is 9.37 Å². The maximum absolute atomic E-state index is 14.0. The Balaban J connectivity index is 1.44. The Morgan fingerprint density at radius 3 is 2.59 bits per heavy atom. The second-order valence-electron chi connectivity index (χ2n) is 10.8. The van der Waals surface area contributed by atoms with Crippen molar-refractivity contribution in [1.29, 1.82) is 5.26 Å². The van der Waals surface area contributed by atoms with Gasteiger partial charge in [-0.05, 0) is 66.4 Å². The molecule has 1 aliphatic heterocycles. The zero-order valence-electron chi connectivity index (χ0n) is 23.7. The molecule has 0 fully saturated rings. The number of amides is 1. The Kier molecular flexibility index (Phi) is 8.01. The van der Waals surface area contributed by atoms with Gasteiger partial charge in [0.15, 0.2) is 0 Å². The third-order valence-corrected chi connectivity index (χ3v) is 8.08. The van der Waals surface area contributed by atoms with Crippen LogP contribution >= 0.6 is 11.6 Å². The van der Waals surface area contributed by atoms with Crippen LogP contribution in [0.1, 0.15) is 43.5 Å². The number of hydrogen-bond acceptors (Lipinski definition) is 6. The third kappa shape index (κ3) is 5.85. The third-order valence-electron chi connectivity index (χ3n) is 7.85. The summed E-state index contributed by atoms with van der Waals surface area (Å²) in [6.07, 6.45) is 7.63. The smallest absolute Gasteiger partial charge is 0.254 e.